The van der Waals surface area contributed by atoms with Crippen molar-refractivity contribution in [1.82, 2.24) is 10.2 Å². The first-order chi connectivity index (χ1) is 12.7. The van der Waals surface area contributed by atoms with Crippen LogP contribution < -0.4 is 5.32 Å². The van der Waals surface area contributed by atoms with E-state index >= 15 is 0 Å². The van der Waals surface area contributed by atoms with Crippen LogP contribution in [-0.2, 0) is 19.4 Å². The fraction of sp³-hybridized carbons (Fsp3) is 0.235. The number of carbonyl (C=O) groups excluding carboxylic acids is 3. The molecule has 0 aliphatic carbocycles. The SMILES string of the molecule is O=C(CCN1C(=O)S/C(=C/c2ccc(Cl)cc2)C1=O)N[C@@H]1C=CS(=O)(=O)C1. The van der Waals surface area contributed by atoms with Crippen LogP contribution in [0.5, 0.6) is 0 Å². The Kier molecular flexibility index (Phi) is 5.73. The van der Waals surface area contributed by atoms with Crippen molar-refractivity contribution in [2.24, 2.45) is 0 Å². The van der Waals surface area contributed by atoms with Crippen molar-refractivity contribution in [1.29, 1.82) is 0 Å². The van der Waals surface area contributed by atoms with Gasteiger partial charge in [0.25, 0.3) is 11.1 Å². The van der Waals surface area contributed by atoms with Gasteiger partial charge in [0.05, 0.1) is 16.7 Å². The summed E-state index contributed by atoms with van der Waals surface area (Å²) in [6.45, 7) is -0.0718. The van der Waals surface area contributed by atoms with E-state index in [1.165, 1.54) is 6.08 Å². The number of rotatable bonds is 5. The predicted octanol–water partition coefficient (Wildman–Crippen LogP) is 2.19. The largest absolute Gasteiger partial charge is 0.349 e. The maximum absolute atomic E-state index is 12.4. The molecule has 2 aliphatic rings. The summed E-state index contributed by atoms with van der Waals surface area (Å²) in [5.74, 6) is -1.07. The summed E-state index contributed by atoms with van der Waals surface area (Å²) in [7, 11) is -3.26. The molecule has 7 nitrogen and oxygen atoms in total. The quantitative estimate of drug-likeness (QED) is 0.724. The molecule has 142 valence electrons. The molecule has 0 saturated carbocycles. The summed E-state index contributed by atoms with van der Waals surface area (Å²) < 4.78 is 22.7. The number of thioether (sulfide) groups is 1. The number of halogens is 1. The molecule has 0 bridgehead atoms. The second-order valence-corrected chi connectivity index (χ2v) is 9.33. The maximum Gasteiger partial charge on any atom is 0.293 e. The van der Waals surface area contributed by atoms with Crippen LogP contribution >= 0.6 is 23.4 Å². The van der Waals surface area contributed by atoms with E-state index in [2.05, 4.69) is 5.32 Å². The van der Waals surface area contributed by atoms with E-state index in [1.54, 1.807) is 30.3 Å². The van der Waals surface area contributed by atoms with Crippen molar-refractivity contribution < 1.29 is 22.8 Å². The van der Waals surface area contributed by atoms with Crippen molar-refractivity contribution in [2.45, 2.75) is 12.5 Å². The molecule has 1 saturated heterocycles. The summed E-state index contributed by atoms with van der Waals surface area (Å²) in [5.41, 5.74) is 0.733. The molecule has 1 N–H and O–H groups in total. The van der Waals surface area contributed by atoms with E-state index in [0.717, 1.165) is 27.6 Å². The lowest BCUT2D eigenvalue weighted by Crippen LogP contribution is -2.38. The summed E-state index contributed by atoms with van der Waals surface area (Å²) >= 11 is 6.63. The minimum atomic E-state index is -3.26. The van der Waals surface area contributed by atoms with Crippen LogP contribution in [0.15, 0.2) is 40.7 Å². The number of hydrogen-bond acceptors (Lipinski definition) is 6. The van der Waals surface area contributed by atoms with Crippen molar-refractivity contribution in [3.8, 4) is 0 Å². The number of amides is 3. The van der Waals surface area contributed by atoms with Gasteiger partial charge in [-0.05, 0) is 41.6 Å². The highest BCUT2D eigenvalue weighted by Crippen LogP contribution is 2.32. The van der Waals surface area contributed by atoms with Gasteiger partial charge >= 0.3 is 0 Å². The summed E-state index contributed by atoms with van der Waals surface area (Å²) in [6, 6.07) is 6.24. The first-order valence-corrected chi connectivity index (χ1v) is 10.9. The van der Waals surface area contributed by atoms with E-state index in [1.807, 2.05) is 0 Å². The van der Waals surface area contributed by atoms with Gasteiger partial charge < -0.3 is 5.32 Å². The second kappa shape index (κ2) is 7.87. The van der Waals surface area contributed by atoms with Crippen LogP contribution in [0, 0.1) is 0 Å². The third-order valence-corrected chi connectivity index (χ3v) is 6.44. The zero-order valence-corrected chi connectivity index (χ0v) is 16.3. The Balaban J connectivity index is 1.57. The standard InChI is InChI=1S/C17H15ClN2O5S2/c18-12-3-1-11(2-4-12)9-14-16(22)20(17(23)26-14)7-5-15(21)19-13-6-8-27(24,25)10-13/h1-4,6,8-9,13H,5,7,10H2,(H,19,21)/b14-9+/t13-/m1/s1. The van der Waals surface area contributed by atoms with Gasteiger partial charge in [-0.3, -0.25) is 19.3 Å². The Morgan fingerprint density at radius 1 is 1.30 bits per heavy atom. The molecule has 0 spiro atoms. The Bertz CT molecular complexity index is 954. The molecule has 1 aromatic carbocycles. The van der Waals surface area contributed by atoms with E-state index in [9.17, 15) is 22.8 Å². The van der Waals surface area contributed by atoms with Gasteiger partial charge in [0.1, 0.15) is 0 Å². The van der Waals surface area contributed by atoms with Crippen molar-refractivity contribution >= 4 is 56.3 Å². The average molecular weight is 427 g/mol. The highest BCUT2D eigenvalue weighted by Gasteiger charge is 2.35. The molecule has 1 aromatic rings. The van der Waals surface area contributed by atoms with Crippen LogP contribution in [0.25, 0.3) is 6.08 Å². The zero-order valence-electron chi connectivity index (χ0n) is 13.9. The number of sulfone groups is 1. The topological polar surface area (TPSA) is 101 Å². The first kappa shape index (κ1) is 19.7. The Morgan fingerprint density at radius 2 is 2.00 bits per heavy atom. The van der Waals surface area contributed by atoms with Gasteiger partial charge in [0.15, 0.2) is 9.84 Å². The number of carbonyl (C=O) groups is 3. The normalized spacial score (nSPS) is 22.6. The highest BCUT2D eigenvalue weighted by molar-refractivity contribution is 8.18. The Labute approximate surface area is 165 Å². The molecule has 3 amide bonds. The third kappa shape index (κ3) is 5.00. The molecular weight excluding hydrogens is 412 g/mol. The molecule has 10 heteroatoms. The fourth-order valence-corrected chi connectivity index (χ4v) is 4.79. The van der Waals surface area contributed by atoms with Gasteiger partial charge in [-0.15, -0.1) is 0 Å². The van der Waals surface area contributed by atoms with Gasteiger partial charge in [-0.2, -0.15) is 0 Å². The number of benzene rings is 1. The Hall–Kier alpha value is -2.10. The van der Waals surface area contributed by atoms with Gasteiger partial charge in [-0.25, -0.2) is 8.42 Å². The minimum absolute atomic E-state index is 0.0718. The van der Waals surface area contributed by atoms with E-state index in [-0.39, 0.29) is 23.6 Å². The molecule has 2 aliphatic heterocycles. The highest BCUT2D eigenvalue weighted by atomic mass is 35.5. The molecule has 2 heterocycles. The lowest BCUT2D eigenvalue weighted by atomic mass is 10.2. The predicted molar refractivity (Wildman–Crippen MR) is 104 cm³/mol. The summed E-state index contributed by atoms with van der Waals surface area (Å²) in [4.78, 5) is 37.7. The summed E-state index contributed by atoms with van der Waals surface area (Å²) in [5, 5.41) is 3.74. The molecule has 27 heavy (non-hydrogen) atoms. The van der Waals surface area contributed by atoms with Gasteiger partial charge in [-0.1, -0.05) is 23.7 Å². The molecule has 1 atom stereocenters. The first-order valence-electron chi connectivity index (χ1n) is 7.95. The zero-order chi connectivity index (χ0) is 19.6. The lowest BCUT2D eigenvalue weighted by molar-refractivity contribution is -0.124. The van der Waals surface area contributed by atoms with Crippen LogP contribution in [0.1, 0.15) is 12.0 Å². The number of nitrogens with zero attached hydrogens (tertiary/aromatic N) is 1. The average Bonchev–Trinajstić information content (AvgIpc) is 3.07. The van der Waals surface area contributed by atoms with Crippen molar-refractivity contribution in [3.63, 3.8) is 0 Å². The molecular formula is C17H15ClN2O5S2. The van der Waals surface area contributed by atoms with E-state index in [4.69, 9.17) is 11.6 Å². The van der Waals surface area contributed by atoms with Crippen LogP contribution in [0.2, 0.25) is 5.02 Å². The molecule has 0 unspecified atom stereocenters. The smallest absolute Gasteiger partial charge is 0.293 e. The number of imide groups is 1. The van der Waals surface area contributed by atoms with Crippen LogP contribution in [0.3, 0.4) is 0 Å². The maximum atomic E-state index is 12.4. The van der Waals surface area contributed by atoms with Gasteiger partial charge in [0.2, 0.25) is 5.91 Å². The van der Waals surface area contributed by atoms with Crippen molar-refractivity contribution in [3.05, 3.63) is 51.2 Å². The van der Waals surface area contributed by atoms with Gasteiger partial charge in [0, 0.05) is 23.4 Å². The molecule has 3 rings (SSSR count). The third-order valence-electron chi connectivity index (χ3n) is 3.88. The second-order valence-electron chi connectivity index (χ2n) is 5.97. The molecule has 0 radical (unpaired) electrons. The van der Waals surface area contributed by atoms with Crippen molar-refractivity contribution in [2.75, 3.05) is 12.3 Å². The Morgan fingerprint density at radius 3 is 2.63 bits per heavy atom. The number of nitrogens with one attached hydrogen (secondary N) is 1. The summed E-state index contributed by atoms with van der Waals surface area (Å²) in [6.07, 6.45) is 2.90. The fourth-order valence-electron chi connectivity index (χ4n) is 2.56. The van der Waals surface area contributed by atoms with Crippen LogP contribution in [-0.4, -0.2) is 48.7 Å². The van der Waals surface area contributed by atoms with E-state index < -0.39 is 32.9 Å². The van der Waals surface area contributed by atoms with Crippen LogP contribution in [0.4, 0.5) is 4.79 Å². The van der Waals surface area contributed by atoms with E-state index in [0.29, 0.717) is 5.02 Å². The number of hydrogen-bond donors (Lipinski definition) is 1. The lowest BCUT2D eigenvalue weighted by Gasteiger charge is -2.14. The monoisotopic (exact) mass is 426 g/mol. The molecule has 1 fully saturated rings. The molecule has 0 aromatic heterocycles. The minimum Gasteiger partial charge on any atom is -0.349 e.